The Morgan fingerprint density at radius 2 is 1.94 bits per heavy atom. The van der Waals surface area contributed by atoms with E-state index in [2.05, 4.69) is 29.9 Å². The maximum Gasteiger partial charge on any atom is 0.387 e. The van der Waals surface area contributed by atoms with Crippen molar-refractivity contribution < 1.29 is 17.9 Å². The number of halogens is 4. The fourth-order valence-corrected chi connectivity index (χ4v) is 3.23. The van der Waals surface area contributed by atoms with Crippen molar-refractivity contribution in [2.45, 2.75) is 33.0 Å². The molecule has 0 saturated heterocycles. The lowest BCUT2D eigenvalue weighted by atomic mass is 10.2. The van der Waals surface area contributed by atoms with Crippen LogP contribution in [0, 0.1) is 12.7 Å². The predicted octanol–water partition coefficient (Wildman–Crippen LogP) is 4.46. The van der Waals surface area contributed by atoms with Gasteiger partial charge in [0.2, 0.25) is 0 Å². The lowest BCUT2D eigenvalue weighted by Gasteiger charge is -2.15. The van der Waals surface area contributed by atoms with Gasteiger partial charge < -0.3 is 19.9 Å². The van der Waals surface area contributed by atoms with Crippen molar-refractivity contribution in [3.63, 3.8) is 0 Å². The maximum atomic E-state index is 14.1. The molecule has 3 aromatic rings. The van der Waals surface area contributed by atoms with Crippen molar-refractivity contribution in [2.75, 3.05) is 13.6 Å². The summed E-state index contributed by atoms with van der Waals surface area (Å²) in [7, 11) is 1.58. The molecule has 0 aliphatic carbocycles. The van der Waals surface area contributed by atoms with Crippen LogP contribution in [-0.2, 0) is 13.1 Å². The van der Waals surface area contributed by atoms with Gasteiger partial charge in [-0.3, -0.25) is 4.99 Å². The van der Waals surface area contributed by atoms with E-state index in [1.807, 2.05) is 31.2 Å². The van der Waals surface area contributed by atoms with Gasteiger partial charge in [0.1, 0.15) is 17.4 Å². The van der Waals surface area contributed by atoms with E-state index in [9.17, 15) is 13.2 Å². The predicted molar refractivity (Wildman–Crippen MR) is 126 cm³/mol. The molecule has 168 valence electrons. The van der Waals surface area contributed by atoms with Gasteiger partial charge in [-0.15, -0.1) is 24.0 Å². The van der Waals surface area contributed by atoms with Crippen molar-refractivity contribution in [3.8, 4) is 5.75 Å². The molecule has 2 aromatic carbocycles. The molecule has 0 fully saturated rings. The molecule has 0 amide bonds. The zero-order chi connectivity index (χ0) is 21.5. The van der Waals surface area contributed by atoms with E-state index in [-0.39, 0.29) is 41.8 Å². The van der Waals surface area contributed by atoms with E-state index < -0.39 is 12.4 Å². The number of nitrogens with one attached hydrogen (secondary N) is 2. The third kappa shape index (κ3) is 6.49. The Labute approximate surface area is 195 Å². The number of alkyl halides is 2. The van der Waals surface area contributed by atoms with Crippen LogP contribution < -0.4 is 15.4 Å². The van der Waals surface area contributed by atoms with Gasteiger partial charge in [-0.1, -0.05) is 18.2 Å². The summed E-state index contributed by atoms with van der Waals surface area (Å²) in [6.07, 6.45) is 0.807. The number of aliphatic imine (C=N–C) groups is 1. The quantitative estimate of drug-likeness (QED) is 0.189. The Morgan fingerprint density at radius 3 is 2.68 bits per heavy atom. The van der Waals surface area contributed by atoms with E-state index in [0.717, 1.165) is 29.8 Å². The zero-order valence-electron chi connectivity index (χ0n) is 17.2. The highest BCUT2D eigenvalue weighted by atomic mass is 127. The first-order chi connectivity index (χ1) is 14.5. The zero-order valence-corrected chi connectivity index (χ0v) is 19.6. The van der Waals surface area contributed by atoms with Gasteiger partial charge in [-0.25, -0.2) is 9.37 Å². The first-order valence-corrected chi connectivity index (χ1v) is 9.58. The van der Waals surface area contributed by atoms with Crippen LogP contribution in [0.3, 0.4) is 0 Å². The molecular weight excluding hydrogens is 522 g/mol. The van der Waals surface area contributed by atoms with E-state index in [1.54, 1.807) is 7.05 Å². The second kappa shape index (κ2) is 11.8. The smallest absolute Gasteiger partial charge is 0.387 e. The summed E-state index contributed by atoms with van der Waals surface area (Å²) < 4.78 is 45.7. The molecule has 10 heteroatoms. The highest BCUT2D eigenvalue weighted by Gasteiger charge is 2.14. The molecule has 3 rings (SSSR count). The summed E-state index contributed by atoms with van der Waals surface area (Å²) in [4.78, 5) is 8.64. The third-order valence-corrected chi connectivity index (χ3v) is 4.64. The Kier molecular flexibility index (Phi) is 9.41. The fourth-order valence-electron chi connectivity index (χ4n) is 3.23. The summed E-state index contributed by atoms with van der Waals surface area (Å²) in [6, 6.07) is 11.8. The summed E-state index contributed by atoms with van der Waals surface area (Å²) in [5.41, 5.74) is 2.07. The lowest BCUT2D eigenvalue weighted by Crippen LogP contribution is -2.37. The summed E-state index contributed by atoms with van der Waals surface area (Å²) in [5.74, 6) is 0.562. The number of aryl methyl sites for hydroxylation is 2. The number of imidazole rings is 1. The topological polar surface area (TPSA) is 63.5 Å². The number of aromatic nitrogens is 2. The van der Waals surface area contributed by atoms with Gasteiger partial charge >= 0.3 is 6.61 Å². The monoisotopic (exact) mass is 547 g/mol. The van der Waals surface area contributed by atoms with Gasteiger partial charge in [0.15, 0.2) is 5.96 Å². The number of ether oxygens (including phenoxy) is 1. The molecule has 0 atom stereocenters. The maximum absolute atomic E-state index is 14.1. The molecule has 1 aromatic heterocycles. The minimum absolute atomic E-state index is 0. The Balaban J connectivity index is 0.00000341. The number of hydrogen-bond acceptors (Lipinski definition) is 3. The SMILES string of the molecule is CN=C(NCCCn1c(C)nc2ccccc21)NCc1c(F)cccc1OC(F)F.I. The van der Waals surface area contributed by atoms with Gasteiger partial charge in [0.25, 0.3) is 0 Å². The van der Waals surface area contributed by atoms with Crippen LogP contribution in [0.4, 0.5) is 13.2 Å². The largest absolute Gasteiger partial charge is 0.434 e. The standard InChI is InChI=1S/C21H24F3N5O.HI/c1-14-28-17-8-3-4-9-18(17)29(14)12-6-11-26-21(25-2)27-13-15-16(22)7-5-10-19(15)30-20(23)24;/h3-5,7-10,20H,6,11-13H2,1-2H3,(H2,25,26,27);1H. The van der Waals surface area contributed by atoms with Crippen LogP contribution >= 0.6 is 24.0 Å². The molecule has 31 heavy (non-hydrogen) atoms. The average Bonchev–Trinajstić information content (AvgIpc) is 3.03. The van der Waals surface area contributed by atoms with Gasteiger partial charge in [-0.05, 0) is 37.6 Å². The highest BCUT2D eigenvalue weighted by molar-refractivity contribution is 14.0. The van der Waals surface area contributed by atoms with Crippen molar-refractivity contribution >= 4 is 41.0 Å². The number of guanidine groups is 1. The first-order valence-electron chi connectivity index (χ1n) is 9.58. The van der Waals surface area contributed by atoms with Crippen LogP contribution in [0.1, 0.15) is 17.8 Å². The molecule has 2 N–H and O–H groups in total. The van der Waals surface area contributed by atoms with Crippen molar-refractivity contribution in [2.24, 2.45) is 4.99 Å². The number of rotatable bonds is 8. The van der Waals surface area contributed by atoms with Crippen LogP contribution in [0.15, 0.2) is 47.5 Å². The van der Waals surface area contributed by atoms with Crippen LogP contribution in [-0.4, -0.2) is 35.7 Å². The van der Waals surface area contributed by atoms with E-state index >= 15 is 0 Å². The van der Waals surface area contributed by atoms with Crippen molar-refractivity contribution in [1.29, 1.82) is 0 Å². The number of fused-ring (bicyclic) bond motifs is 1. The molecule has 0 aliphatic rings. The molecule has 0 bridgehead atoms. The van der Waals surface area contributed by atoms with E-state index in [1.165, 1.54) is 18.2 Å². The molecule has 0 spiro atoms. The van der Waals surface area contributed by atoms with Crippen molar-refractivity contribution in [3.05, 3.63) is 59.7 Å². The van der Waals surface area contributed by atoms with Crippen LogP contribution in [0.25, 0.3) is 11.0 Å². The minimum atomic E-state index is -3.02. The molecule has 0 radical (unpaired) electrons. The summed E-state index contributed by atoms with van der Waals surface area (Å²) in [6.45, 7) is 0.297. The lowest BCUT2D eigenvalue weighted by molar-refractivity contribution is -0.0506. The average molecular weight is 547 g/mol. The second-order valence-corrected chi connectivity index (χ2v) is 6.60. The van der Waals surface area contributed by atoms with Crippen molar-refractivity contribution in [1.82, 2.24) is 20.2 Å². The van der Waals surface area contributed by atoms with Crippen LogP contribution in [0.5, 0.6) is 5.75 Å². The number of nitrogens with zero attached hydrogens (tertiary/aromatic N) is 3. The van der Waals surface area contributed by atoms with Gasteiger partial charge in [0, 0.05) is 32.2 Å². The number of benzene rings is 2. The normalized spacial score (nSPS) is 11.5. The second-order valence-electron chi connectivity index (χ2n) is 6.60. The Hall–Kier alpha value is -2.50. The summed E-state index contributed by atoms with van der Waals surface area (Å²) >= 11 is 0. The molecule has 6 nitrogen and oxygen atoms in total. The van der Waals surface area contributed by atoms with Gasteiger partial charge in [0.05, 0.1) is 11.0 Å². The number of para-hydroxylation sites is 2. The number of hydrogen-bond donors (Lipinski definition) is 2. The Morgan fingerprint density at radius 1 is 1.16 bits per heavy atom. The van der Waals surface area contributed by atoms with E-state index in [0.29, 0.717) is 12.5 Å². The highest BCUT2D eigenvalue weighted by Crippen LogP contribution is 2.23. The molecule has 1 heterocycles. The molecule has 0 aliphatic heterocycles. The van der Waals surface area contributed by atoms with Gasteiger partial charge in [-0.2, -0.15) is 8.78 Å². The Bertz CT molecular complexity index is 1030. The first kappa shape index (κ1) is 24.8. The van der Waals surface area contributed by atoms with Crippen LogP contribution in [0.2, 0.25) is 0 Å². The molecule has 0 unspecified atom stereocenters. The minimum Gasteiger partial charge on any atom is -0.434 e. The summed E-state index contributed by atoms with van der Waals surface area (Å²) in [5, 5.41) is 6.07. The van der Waals surface area contributed by atoms with E-state index in [4.69, 9.17) is 0 Å². The molecule has 0 saturated carbocycles. The fraction of sp³-hybridized carbons (Fsp3) is 0.333. The molecular formula is C21H25F3IN5O. The third-order valence-electron chi connectivity index (χ3n) is 4.64.